The topological polar surface area (TPSA) is 98.3 Å². The van der Waals surface area contributed by atoms with Gasteiger partial charge in [0, 0.05) is 30.9 Å². The maximum absolute atomic E-state index is 12.1. The van der Waals surface area contributed by atoms with E-state index in [2.05, 4.69) is 21.9 Å². The number of nitrogens with zero attached hydrogens (tertiary/aromatic N) is 2. The van der Waals surface area contributed by atoms with E-state index in [9.17, 15) is 14.7 Å². The second kappa shape index (κ2) is 6.23. The molecule has 1 saturated carbocycles. The number of rotatable bonds is 7. The lowest BCUT2D eigenvalue weighted by molar-refractivity contribution is -0.139. The molecule has 0 aliphatic heterocycles. The van der Waals surface area contributed by atoms with Gasteiger partial charge in [0.1, 0.15) is 6.04 Å². The highest BCUT2D eigenvalue weighted by Gasteiger charge is 2.33. The molecule has 108 valence electrons. The lowest BCUT2D eigenvalue weighted by atomic mass is 10.1. The van der Waals surface area contributed by atoms with Crippen molar-refractivity contribution in [2.75, 3.05) is 6.54 Å². The van der Waals surface area contributed by atoms with Crippen molar-refractivity contribution in [3.8, 4) is 0 Å². The smallest absolute Gasteiger partial charge is 0.326 e. The van der Waals surface area contributed by atoms with Crippen molar-refractivity contribution in [2.24, 2.45) is 0 Å². The second-order valence-electron chi connectivity index (χ2n) is 4.79. The number of carbonyl (C=O) groups is 2. The molecule has 1 aliphatic rings. The maximum atomic E-state index is 12.1. The van der Waals surface area contributed by atoms with Gasteiger partial charge in [-0.2, -0.15) is 0 Å². The highest BCUT2D eigenvalue weighted by atomic mass is 16.4. The molecule has 1 unspecified atom stereocenters. The fraction of sp³-hybridized carbons (Fsp3) is 0.462. The van der Waals surface area contributed by atoms with Crippen LogP contribution < -0.4 is 5.32 Å². The molecule has 0 bridgehead atoms. The molecule has 1 fully saturated rings. The molecule has 2 rings (SSSR count). The minimum Gasteiger partial charge on any atom is -0.480 e. The first-order valence-electron chi connectivity index (χ1n) is 6.50. The van der Waals surface area contributed by atoms with Crippen LogP contribution in [0, 0.1) is 0 Å². The zero-order valence-electron chi connectivity index (χ0n) is 11.1. The summed E-state index contributed by atoms with van der Waals surface area (Å²) in [5.74, 6) is -1.07. The molecule has 0 radical (unpaired) electrons. The molecule has 2 amide bonds. The molecule has 3 N–H and O–H groups in total. The Morgan fingerprint density at radius 2 is 2.40 bits per heavy atom. The fourth-order valence-electron chi connectivity index (χ4n) is 1.97. The summed E-state index contributed by atoms with van der Waals surface area (Å²) in [5, 5.41) is 11.8. The molecule has 0 saturated heterocycles. The lowest BCUT2D eigenvalue weighted by Crippen LogP contribution is -2.49. The van der Waals surface area contributed by atoms with E-state index in [4.69, 9.17) is 0 Å². The Balaban J connectivity index is 1.97. The van der Waals surface area contributed by atoms with Crippen LogP contribution >= 0.6 is 0 Å². The van der Waals surface area contributed by atoms with Gasteiger partial charge in [-0.3, -0.25) is 0 Å². The molecular weight excluding hydrogens is 260 g/mol. The Hall–Kier alpha value is -2.31. The zero-order chi connectivity index (χ0) is 14.5. The van der Waals surface area contributed by atoms with Gasteiger partial charge in [0.05, 0.1) is 6.33 Å². The number of carbonyl (C=O) groups excluding carboxylic acids is 1. The summed E-state index contributed by atoms with van der Waals surface area (Å²) in [7, 11) is 0. The van der Waals surface area contributed by atoms with Crippen LogP contribution in [0.2, 0.25) is 0 Å². The van der Waals surface area contributed by atoms with Gasteiger partial charge < -0.3 is 20.3 Å². The van der Waals surface area contributed by atoms with Crippen molar-refractivity contribution in [3.05, 3.63) is 30.9 Å². The monoisotopic (exact) mass is 278 g/mol. The van der Waals surface area contributed by atoms with Gasteiger partial charge in [0.2, 0.25) is 0 Å². The Morgan fingerprint density at radius 3 is 2.90 bits per heavy atom. The van der Waals surface area contributed by atoms with Crippen molar-refractivity contribution >= 4 is 12.0 Å². The van der Waals surface area contributed by atoms with Crippen LogP contribution in [-0.4, -0.2) is 50.6 Å². The Morgan fingerprint density at radius 1 is 1.65 bits per heavy atom. The average molecular weight is 278 g/mol. The highest BCUT2D eigenvalue weighted by molar-refractivity contribution is 5.83. The highest BCUT2D eigenvalue weighted by Crippen LogP contribution is 2.26. The number of aromatic amines is 1. The number of carboxylic acids is 1. The van der Waals surface area contributed by atoms with Crippen molar-refractivity contribution in [1.29, 1.82) is 0 Å². The van der Waals surface area contributed by atoms with E-state index in [0.29, 0.717) is 12.2 Å². The van der Waals surface area contributed by atoms with Gasteiger partial charge in [-0.15, -0.1) is 6.58 Å². The number of aliphatic carboxylic acids is 1. The van der Waals surface area contributed by atoms with Gasteiger partial charge in [0.15, 0.2) is 0 Å². The Bertz CT molecular complexity index is 482. The van der Waals surface area contributed by atoms with Crippen LogP contribution in [0.4, 0.5) is 4.79 Å². The fourth-order valence-corrected chi connectivity index (χ4v) is 1.97. The van der Waals surface area contributed by atoms with E-state index >= 15 is 0 Å². The molecule has 1 aliphatic carbocycles. The molecule has 20 heavy (non-hydrogen) atoms. The third-order valence-electron chi connectivity index (χ3n) is 3.15. The van der Waals surface area contributed by atoms with Crippen molar-refractivity contribution in [2.45, 2.75) is 31.3 Å². The molecule has 0 spiro atoms. The number of nitrogens with one attached hydrogen (secondary N) is 2. The number of H-pyrrole nitrogens is 1. The third kappa shape index (κ3) is 3.59. The summed E-state index contributed by atoms with van der Waals surface area (Å²) in [5.41, 5.74) is 0.666. The second-order valence-corrected chi connectivity index (χ2v) is 4.79. The standard InChI is InChI=1S/C13H18N4O3/c1-2-5-17(10-3-4-10)13(20)16-11(12(18)19)6-9-7-14-8-15-9/h2,7-8,10-11H,1,3-6H2,(H,14,15)(H,16,20)(H,18,19). The summed E-state index contributed by atoms with van der Waals surface area (Å²) < 4.78 is 0. The van der Waals surface area contributed by atoms with Gasteiger partial charge in [0.25, 0.3) is 0 Å². The van der Waals surface area contributed by atoms with Gasteiger partial charge in [-0.1, -0.05) is 6.08 Å². The summed E-state index contributed by atoms with van der Waals surface area (Å²) in [4.78, 5) is 31.7. The molecule has 1 atom stereocenters. The first-order chi connectivity index (χ1) is 9.61. The minimum absolute atomic E-state index is 0.174. The van der Waals surface area contributed by atoms with Crippen LogP contribution in [0.25, 0.3) is 0 Å². The van der Waals surface area contributed by atoms with E-state index in [1.54, 1.807) is 17.2 Å². The van der Waals surface area contributed by atoms with E-state index in [0.717, 1.165) is 12.8 Å². The number of hydrogen-bond acceptors (Lipinski definition) is 3. The third-order valence-corrected chi connectivity index (χ3v) is 3.15. The number of amides is 2. The average Bonchev–Trinajstić information content (AvgIpc) is 3.12. The number of hydrogen-bond donors (Lipinski definition) is 3. The molecule has 1 heterocycles. The largest absolute Gasteiger partial charge is 0.480 e. The first kappa shape index (κ1) is 14.1. The number of urea groups is 1. The Kier molecular flexibility index (Phi) is 4.39. The van der Waals surface area contributed by atoms with Gasteiger partial charge in [-0.05, 0) is 12.8 Å². The summed E-state index contributed by atoms with van der Waals surface area (Å²) >= 11 is 0. The Labute approximate surface area is 116 Å². The summed E-state index contributed by atoms with van der Waals surface area (Å²) in [6.07, 6.45) is 6.75. The van der Waals surface area contributed by atoms with Crippen LogP contribution in [0.15, 0.2) is 25.2 Å². The van der Waals surface area contributed by atoms with E-state index < -0.39 is 12.0 Å². The van der Waals surface area contributed by atoms with E-state index in [-0.39, 0.29) is 18.5 Å². The quantitative estimate of drug-likeness (QED) is 0.641. The molecule has 7 heteroatoms. The van der Waals surface area contributed by atoms with E-state index in [1.807, 2.05) is 0 Å². The molecule has 0 aromatic carbocycles. The number of imidazole rings is 1. The summed E-state index contributed by atoms with van der Waals surface area (Å²) in [6, 6.07) is -1.14. The SMILES string of the molecule is C=CCN(C(=O)NC(Cc1cnc[nH]1)C(=O)O)C1CC1. The van der Waals surface area contributed by atoms with Crippen molar-refractivity contribution in [1.82, 2.24) is 20.2 Å². The normalized spacial score (nSPS) is 15.4. The molecular formula is C13H18N4O3. The number of aromatic nitrogens is 2. The van der Waals surface area contributed by atoms with Crippen LogP contribution in [-0.2, 0) is 11.2 Å². The number of carboxylic acid groups (broad SMARTS) is 1. The minimum atomic E-state index is -1.07. The lowest BCUT2D eigenvalue weighted by Gasteiger charge is -2.23. The van der Waals surface area contributed by atoms with Gasteiger partial charge in [-0.25, -0.2) is 14.6 Å². The van der Waals surface area contributed by atoms with Crippen LogP contribution in [0.3, 0.4) is 0 Å². The van der Waals surface area contributed by atoms with Crippen molar-refractivity contribution < 1.29 is 14.7 Å². The van der Waals surface area contributed by atoms with Crippen molar-refractivity contribution in [3.63, 3.8) is 0 Å². The maximum Gasteiger partial charge on any atom is 0.326 e. The van der Waals surface area contributed by atoms with Gasteiger partial charge >= 0.3 is 12.0 Å². The predicted molar refractivity (Wildman–Crippen MR) is 72.2 cm³/mol. The molecule has 1 aromatic rings. The predicted octanol–water partition coefficient (Wildman–Crippen LogP) is 0.765. The first-order valence-corrected chi connectivity index (χ1v) is 6.50. The summed E-state index contributed by atoms with van der Waals surface area (Å²) in [6.45, 7) is 4.04. The van der Waals surface area contributed by atoms with E-state index in [1.165, 1.54) is 6.33 Å². The van der Waals surface area contributed by atoms with Crippen LogP contribution in [0.1, 0.15) is 18.5 Å². The van der Waals surface area contributed by atoms with Crippen LogP contribution in [0.5, 0.6) is 0 Å². The molecule has 7 nitrogen and oxygen atoms in total. The zero-order valence-corrected chi connectivity index (χ0v) is 11.1. The molecule has 1 aromatic heterocycles.